The standard InChI is InChI=1S/C7H7ClF4N4O/c1-17-6-15-4(8)14-5(16-6)13-2-7(11,12)3(9)10/h3H,2H2,1H3,(H,13,14,15,16). The summed E-state index contributed by atoms with van der Waals surface area (Å²) in [6.07, 6.45) is -3.78. The lowest BCUT2D eigenvalue weighted by atomic mass is 10.3. The quantitative estimate of drug-likeness (QED) is 0.830. The minimum atomic E-state index is -4.19. The first-order valence-corrected chi connectivity index (χ1v) is 4.58. The highest BCUT2D eigenvalue weighted by Gasteiger charge is 2.40. The Kier molecular flexibility index (Phi) is 4.27. The third-order valence-corrected chi connectivity index (χ3v) is 1.74. The maximum atomic E-state index is 12.6. The SMILES string of the molecule is COc1nc(Cl)nc(NCC(F)(F)C(F)F)n1. The number of ether oxygens (including phenoxy) is 1. The van der Waals surface area contributed by atoms with E-state index in [4.69, 9.17) is 11.6 Å². The van der Waals surface area contributed by atoms with E-state index in [-0.39, 0.29) is 17.2 Å². The third-order valence-electron chi connectivity index (χ3n) is 1.57. The molecule has 0 atom stereocenters. The highest BCUT2D eigenvalue weighted by molar-refractivity contribution is 6.28. The molecule has 0 bridgehead atoms. The first-order chi connectivity index (χ1) is 7.85. The van der Waals surface area contributed by atoms with Gasteiger partial charge in [0.25, 0.3) is 0 Å². The van der Waals surface area contributed by atoms with Gasteiger partial charge in [0, 0.05) is 0 Å². The fourth-order valence-corrected chi connectivity index (χ4v) is 0.929. The van der Waals surface area contributed by atoms with E-state index in [0.29, 0.717) is 0 Å². The molecule has 0 aliphatic rings. The number of hydrogen-bond donors (Lipinski definition) is 1. The van der Waals surface area contributed by atoms with Crippen molar-refractivity contribution in [3.8, 4) is 6.01 Å². The molecule has 96 valence electrons. The second kappa shape index (κ2) is 5.30. The summed E-state index contributed by atoms with van der Waals surface area (Å²) in [6.45, 7) is -1.33. The van der Waals surface area contributed by atoms with Crippen LogP contribution in [-0.4, -0.2) is 41.0 Å². The van der Waals surface area contributed by atoms with Crippen molar-refractivity contribution in [1.29, 1.82) is 0 Å². The van der Waals surface area contributed by atoms with E-state index in [2.05, 4.69) is 19.7 Å². The number of aromatic nitrogens is 3. The van der Waals surface area contributed by atoms with Crippen molar-refractivity contribution in [2.75, 3.05) is 19.0 Å². The van der Waals surface area contributed by atoms with E-state index in [9.17, 15) is 17.6 Å². The third kappa shape index (κ3) is 3.84. The average molecular weight is 275 g/mol. The lowest BCUT2D eigenvalue weighted by molar-refractivity contribution is -0.117. The van der Waals surface area contributed by atoms with Crippen LogP contribution in [0, 0.1) is 0 Å². The molecule has 0 amide bonds. The minimum Gasteiger partial charge on any atom is -0.467 e. The van der Waals surface area contributed by atoms with Gasteiger partial charge in [-0.15, -0.1) is 0 Å². The van der Waals surface area contributed by atoms with Gasteiger partial charge in [0.1, 0.15) is 0 Å². The van der Waals surface area contributed by atoms with Crippen LogP contribution in [0.2, 0.25) is 5.28 Å². The Morgan fingerprint density at radius 2 is 2.00 bits per heavy atom. The molecule has 0 saturated carbocycles. The Balaban J connectivity index is 2.72. The Hall–Kier alpha value is -1.38. The summed E-state index contributed by atoms with van der Waals surface area (Å²) in [7, 11) is 1.23. The molecule has 0 aliphatic carbocycles. The largest absolute Gasteiger partial charge is 0.467 e. The molecule has 10 heteroatoms. The van der Waals surface area contributed by atoms with Gasteiger partial charge >= 0.3 is 18.4 Å². The van der Waals surface area contributed by atoms with Gasteiger partial charge in [0.05, 0.1) is 13.7 Å². The second-order valence-corrected chi connectivity index (χ2v) is 3.17. The number of methoxy groups -OCH3 is 1. The minimum absolute atomic E-state index is 0.215. The lowest BCUT2D eigenvalue weighted by Crippen LogP contribution is -2.35. The zero-order valence-corrected chi connectivity index (χ0v) is 9.18. The molecule has 1 heterocycles. The van der Waals surface area contributed by atoms with Crippen molar-refractivity contribution in [3.05, 3.63) is 5.28 Å². The van der Waals surface area contributed by atoms with Gasteiger partial charge in [-0.3, -0.25) is 0 Å². The Morgan fingerprint density at radius 3 is 2.53 bits per heavy atom. The Bertz CT molecular complexity index is 392. The van der Waals surface area contributed by atoms with Crippen LogP contribution >= 0.6 is 11.6 Å². The summed E-state index contributed by atoms with van der Waals surface area (Å²) in [5.41, 5.74) is 0. The van der Waals surface area contributed by atoms with Crippen molar-refractivity contribution >= 4 is 17.5 Å². The molecule has 0 unspecified atom stereocenters. The predicted molar refractivity (Wildman–Crippen MR) is 50.8 cm³/mol. The van der Waals surface area contributed by atoms with E-state index in [1.54, 1.807) is 0 Å². The van der Waals surface area contributed by atoms with Crippen molar-refractivity contribution in [2.45, 2.75) is 12.3 Å². The van der Waals surface area contributed by atoms with Crippen LogP contribution in [0.25, 0.3) is 0 Å². The van der Waals surface area contributed by atoms with Gasteiger partial charge in [-0.05, 0) is 11.6 Å². The number of alkyl halides is 4. The smallest absolute Gasteiger partial charge is 0.324 e. The fraction of sp³-hybridized carbons (Fsp3) is 0.571. The van der Waals surface area contributed by atoms with Gasteiger partial charge in [0.2, 0.25) is 11.2 Å². The maximum absolute atomic E-state index is 12.6. The van der Waals surface area contributed by atoms with Crippen LogP contribution in [-0.2, 0) is 0 Å². The second-order valence-electron chi connectivity index (χ2n) is 2.83. The lowest BCUT2D eigenvalue weighted by Gasteiger charge is -2.15. The van der Waals surface area contributed by atoms with Gasteiger partial charge in [0.15, 0.2) is 0 Å². The molecule has 5 nitrogen and oxygen atoms in total. The Labute approximate surface area is 98.2 Å². The summed E-state index contributed by atoms with van der Waals surface area (Å²) in [6, 6.07) is -0.215. The molecule has 0 spiro atoms. The van der Waals surface area contributed by atoms with Crippen molar-refractivity contribution in [1.82, 2.24) is 15.0 Å². The van der Waals surface area contributed by atoms with Crippen molar-refractivity contribution < 1.29 is 22.3 Å². The maximum Gasteiger partial charge on any atom is 0.324 e. The van der Waals surface area contributed by atoms with Crippen LogP contribution in [0.4, 0.5) is 23.5 Å². The van der Waals surface area contributed by atoms with Crippen LogP contribution < -0.4 is 10.1 Å². The Morgan fingerprint density at radius 1 is 1.35 bits per heavy atom. The molecule has 1 aromatic heterocycles. The molecule has 1 aromatic rings. The molecular formula is C7H7ClF4N4O. The van der Waals surface area contributed by atoms with E-state index >= 15 is 0 Å². The fourth-order valence-electron chi connectivity index (χ4n) is 0.776. The summed E-state index contributed by atoms with van der Waals surface area (Å²) < 4.78 is 53.4. The number of rotatable bonds is 5. The predicted octanol–water partition coefficient (Wildman–Crippen LogP) is 1.85. The van der Waals surface area contributed by atoms with Crippen molar-refractivity contribution in [2.24, 2.45) is 0 Å². The first kappa shape index (κ1) is 13.7. The summed E-state index contributed by atoms with van der Waals surface area (Å²) >= 11 is 5.42. The van der Waals surface area contributed by atoms with Gasteiger partial charge in [-0.2, -0.15) is 23.7 Å². The molecule has 1 N–H and O–H groups in total. The number of anilines is 1. The molecule has 0 radical (unpaired) electrons. The van der Waals surface area contributed by atoms with Crippen LogP contribution in [0.3, 0.4) is 0 Å². The highest BCUT2D eigenvalue weighted by atomic mass is 35.5. The van der Waals surface area contributed by atoms with Crippen LogP contribution in [0.5, 0.6) is 6.01 Å². The molecule has 0 saturated heterocycles. The zero-order chi connectivity index (χ0) is 13.1. The van der Waals surface area contributed by atoms with Crippen LogP contribution in [0.1, 0.15) is 0 Å². The van der Waals surface area contributed by atoms with E-state index in [1.807, 2.05) is 5.32 Å². The molecule has 17 heavy (non-hydrogen) atoms. The van der Waals surface area contributed by atoms with Gasteiger partial charge in [-0.25, -0.2) is 8.78 Å². The summed E-state index contributed by atoms with van der Waals surface area (Å²) in [4.78, 5) is 10.4. The molecular weight excluding hydrogens is 268 g/mol. The average Bonchev–Trinajstić information content (AvgIpc) is 2.25. The van der Waals surface area contributed by atoms with E-state index in [1.165, 1.54) is 7.11 Å². The summed E-state index contributed by atoms with van der Waals surface area (Å²) in [5, 5.41) is 1.62. The normalized spacial score (nSPS) is 11.7. The van der Waals surface area contributed by atoms with Crippen molar-refractivity contribution in [3.63, 3.8) is 0 Å². The monoisotopic (exact) mass is 274 g/mol. The highest BCUT2D eigenvalue weighted by Crippen LogP contribution is 2.23. The first-order valence-electron chi connectivity index (χ1n) is 4.20. The number of halogens is 5. The number of hydrogen-bond acceptors (Lipinski definition) is 5. The van der Waals surface area contributed by atoms with E-state index < -0.39 is 18.9 Å². The van der Waals surface area contributed by atoms with Crippen LogP contribution in [0.15, 0.2) is 0 Å². The molecule has 0 aromatic carbocycles. The summed E-state index contributed by atoms with van der Waals surface area (Å²) in [5.74, 6) is -4.56. The zero-order valence-electron chi connectivity index (χ0n) is 8.42. The topological polar surface area (TPSA) is 59.9 Å². The van der Waals surface area contributed by atoms with E-state index in [0.717, 1.165) is 0 Å². The molecule has 0 aliphatic heterocycles. The number of nitrogens with zero attached hydrogens (tertiary/aromatic N) is 3. The molecule has 1 rings (SSSR count). The molecule has 0 fully saturated rings. The van der Waals surface area contributed by atoms with Gasteiger partial charge < -0.3 is 10.1 Å². The number of nitrogens with one attached hydrogen (secondary N) is 1. The van der Waals surface area contributed by atoms with Gasteiger partial charge in [-0.1, -0.05) is 0 Å².